The number of hydrogen-bond acceptors (Lipinski definition) is 3. The molecule has 0 aromatic heterocycles. The number of anilines is 1. The van der Waals surface area contributed by atoms with Crippen molar-refractivity contribution in [1.29, 1.82) is 0 Å². The van der Waals surface area contributed by atoms with Crippen molar-refractivity contribution in [3.63, 3.8) is 0 Å². The van der Waals surface area contributed by atoms with Crippen molar-refractivity contribution in [3.05, 3.63) is 64.9 Å². The first-order chi connectivity index (χ1) is 16.0. The van der Waals surface area contributed by atoms with Gasteiger partial charge in [-0.15, -0.1) is 0 Å². The van der Waals surface area contributed by atoms with Gasteiger partial charge in [-0.25, -0.2) is 8.78 Å². The van der Waals surface area contributed by atoms with Crippen molar-refractivity contribution >= 4 is 17.4 Å². The fraction of sp³-hybridized carbons (Fsp3) is 0.500. The van der Waals surface area contributed by atoms with Crippen LogP contribution in [0.4, 0.5) is 14.5 Å². The highest BCUT2D eigenvalue weighted by atomic mass is 19.1. The molecule has 2 aliphatic rings. The van der Waals surface area contributed by atoms with E-state index in [4.69, 9.17) is 0 Å². The van der Waals surface area contributed by atoms with E-state index in [1.165, 1.54) is 11.6 Å². The monoisotopic (exact) mass is 470 g/mol. The second-order valence-corrected chi connectivity index (χ2v) is 10.4. The molecule has 1 amide bonds. The summed E-state index contributed by atoms with van der Waals surface area (Å²) in [5.41, 5.74) is 1.94. The Morgan fingerprint density at radius 3 is 2.35 bits per heavy atom. The number of para-hydroxylation sites is 1. The Hall–Kier alpha value is -2.76. The number of allylic oxidation sites excluding steroid dienone is 4. The van der Waals surface area contributed by atoms with Crippen molar-refractivity contribution in [2.75, 3.05) is 5.32 Å². The molecule has 2 aliphatic carbocycles. The van der Waals surface area contributed by atoms with E-state index < -0.39 is 40.6 Å². The van der Waals surface area contributed by atoms with Crippen molar-refractivity contribution in [2.24, 2.45) is 17.3 Å². The molecule has 0 radical (unpaired) electrons. The van der Waals surface area contributed by atoms with Gasteiger partial charge in [0.1, 0.15) is 17.3 Å². The van der Waals surface area contributed by atoms with E-state index >= 15 is 0 Å². The summed E-state index contributed by atoms with van der Waals surface area (Å²) in [5, 5.41) is 5.95. The third kappa shape index (κ3) is 6.02. The van der Waals surface area contributed by atoms with Crippen LogP contribution < -0.4 is 10.6 Å². The van der Waals surface area contributed by atoms with E-state index in [1.807, 2.05) is 39.8 Å². The van der Waals surface area contributed by atoms with Crippen LogP contribution in [0.2, 0.25) is 0 Å². The molecule has 1 saturated carbocycles. The average molecular weight is 471 g/mol. The van der Waals surface area contributed by atoms with Crippen LogP contribution in [0.15, 0.2) is 53.3 Å². The third-order valence-electron chi connectivity index (χ3n) is 6.49. The predicted octanol–water partition coefficient (Wildman–Crippen LogP) is 6.46. The van der Waals surface area contributed by atoms with Gasteiger partial charge in [-0.3, -0.25) is 9.59 Å². The van der Waals surface area contributed by atoms with Gasteiger partial charge >= 0.3 is 0 Å². The first-order valence-electron chi connectivity index (χ1n) is 12.1. The summed E-state index contributed by atoms with van der Waals surface area (Å²) in [7, 11) is 0. The molecule has 3 atom stereocenters. The van der Waals surface area contributed by atoms with E-state index in [1.54, 1.807) is 0 Å². The minimum absolute atomic E-state index is 0.132. The average Bonchev–Trinajstić information content (AvgIpc) is 3.61. The van der Waals surface area contributed by atoms with Crippen LogP contribution in [0, 0.1) is 28.9 Å². The molecule has 6 heteroatoms. The molecule has 3 rings (SSSR count). The van der Waals surface area contributed by atoms with Crippen LogP contribution in [0.25, 0.3) is 0 Å². The molecule has 1 aromatic rings. The van der Waals surface area contributed by atoms with Crippen LogP contribution in [-0.4, -0.2) is 17.7 Å². The number of nitrogens with one attached hydrogen (secondary N) is 2. The molecule has 1 fully saturated rings. The topological polar surface area (TPSA) is 58.2 Å². The minimum atomic E-state index is -0.839. The third-order valence-corrected chi connectivity index (χ3v) is 6.49. The maximum atomic E-state index is 14.1. The van der Waals surface area contributed by atoms with Gasteiger partial charge < -0.3 is 10.6 Å². The normalized spacial score (nSPS) is 19.9. The number of amides is 1. The van der Waals surface area contributed by atoms with Crippen LogP contribution in [-0.2, 0) is 9.59 Å². The lowest BCUT2D eigenvalue weighted by Gasteiger charge is -2.35. The Balaban J connectivity index is 1.88. The fourth-order valence-electron chi connectivity index (χ4n) is 4.52. The van der Waals surface area contributed by atoms with Gasteiger partial charge in [-0.05, 0) is 56.6 Å². The molecule has 0 heterocycles. The van der Waals surface area contributed by atoms with Crippen LogP contribution in [0.1, 0.15) is 66.7 Å². The van der Waals surface area contributed by atoms with Gasteiger partial charge in [0.15, 0.2) is 5.78 Å². The molecular weight excluding hydrogens is 434 g/mol. The maximum absolute atomic E-state index is 14.1. The Morgan fingerprint density at radius 1 is 1.15 bits per heavy atom. The molecule has 4 nitrogen and oxygen atoms in total. The molecule has 0 aliphatic heterocycles. The lowest BCUT2D eigenvalue weighted by Crippen LogP contribution is -2.49. The molecule has 184 valence electrons. The van der Waals surface area contributed by atoms with E-state index in [0.29, 0.717) is 18.4 Å². The number of benzene rings is 1. The summed E-state index contributed by atoms with van der Waals surface area (Å²) in [6.45, 7) is 10.1. The van der Waals surface area contributed by atoms with Gasteiger partial charge in [0.2, 0.25) is 5.91 Å². The maximum Gasteiger partial charge on any atom is 0.232 e. The Labute approximate surface area is 201 Å². The van der Waals surface area contributed by atoms with E-state index in [9.17, 15) is 18.4 Å². The van der Waals surface area contributed by atoms with Gasteiger partial charge in [-0.1, -0.05) is 57.6 Å². The van der Waals surface area contributed by atoms with Gasteiger partial charge in [0, 0.05) is 17.2 Å². The zero-order valence-electron chi connectivity index (χ0n) is 20.8. The standard InChI is InChI=1S/C28H36F2N2O2/c1-6-10-17(2)23(18-15-16-18)31-26(28(3,4)5)25(33)19-11-7-8-12-20(19)27(34)32-24-21(29)13-9-14-22(24)30/h6,9-11,13-14,17,20,26,31H,7-8,12,15-16H2,1-5H3,(H,32,34)/b10-6+/t17-,20-,26?/m0/s1. The summed E-state index contributed by atoms with van der Waals surface area (Å²) >= 11 is 0. The molecule has 0 spiro atoms. The van der Waals surface area contributed by atoms with Crippen LogP contribution in [0.3, 0.4) is 0 Å². The number of carbonyl (C=O) groups excluding carboxylic acids is 2. The number of halogens is 2. The Kier molecular flexibility index (Phi) is 8.11. The first kappa shape index (κ1) is 25.9. The smallest absolute Gasteiger partial charge is 0.232 e. The molecular formula is C28H36F2N2O2. The number of rotatable bonds is 8. The van der Waals surface area contributed by atoms with E-state index in [2.05, 4.69) is 23.6 Å². The van der Waals surface area contributed by atoms with Crippen LogP contribution in [0.5, 0.6) is 0 Å². The lowest BCUT2D eigenvalue weighted by atomic mass is 9.76. The second kappa shape index (κ2) is 10.7. The first-order valence-corrected chi connectivity index (χ1v) is 12.1. The van der Waals surface area contributed by atoms with Gasteiger partial charge in [-0.2, -0.15) is 0 Å². The summed E-state index contributed by atoms with van der Waals surface area (Å²) in [6, 6.07) is 2.91. The number of Topliss-reactive ketones (excluding diaryl/α,β-unsaturated/α-hetero) is 1. The highest BCUT2D eigenvalue weighted by Crippen LogP contribution is 2.37. The van der Waals surface area contributed by atoms with E-state index in [0.717, 1.165) is 37.1 Å². The summed E-state index contributed by atoms with van der Waals surface area (Å²) in [5.74, 6) is -2.96. The zero-order valence-corrected chi connectivity index (χ0v) is 20.8. The van der Waals surface area contributed by atoms with Gasteiger partial charge in [0.25, 0.3) is 0 Å². The van der Waals surface area contributed by atoms with Crippen molar-refractivity contribution in [3.8, 4) is 0 Å². The molecule has 34 heavy (non-hydrogen) atoms. The Morgan fingerprint density at radius 2 is 1.79 bits per heavy atom. The molecule has 0 bridgehead atoms. The van der Waals surface area contributed by atoms with Crippen molar-refractivity contribution in [1.82, 2.24) is 5.32 Å². The molecule has 2 N–H and O–H groups in total. The van der Waals surface area contributed by atoms with E-state index in [-0.39, 0.29) is 11.7 Å². The van der Waals surface area contributed by atoms with Crippen molar-refractivity contribution < 1.29 is 18.4 Å². The highest BCUT2D eigenvalue weighted by Gasteiger charge is 2.39. The number of ketones is 1. The number of hydrogen-bond donors (Lipinski definition) is 2. The SMILES string of the molecule is C/C=C/[C@H](C)C(NC(C(=O)C1=CCCC[C@@H]1C(=O)Nc1c(F)cccc1F)C(C)(C)C)=C1CC1. The quantitative estimate of drug-likeness (QED) is 0.429. The lowest BCUT2D eigenvalue weighted by molar-refractivity contribution is -0.124. The van der Waals surface area contributed by atoms with Gasteiger partial charge in [0.05, 0.1) is 12.0 Å². The molecule has 0 saturated heterocycles. The highest BCUT2D eigenvalue weighted by molar-refractivity contribution is 6.07. The molecule has 1 aromatic carbocycles. The summed E-state index contributed by atoms with van der Waals surface area (Å²) in [4.78, 5) is 27.0. The predicted molar refractivity (Wildman–Crippen MR) is 132 cm³/mol. The minimum Gasteiger partial charge on any atom is -0.377 e. The Bertz CT molecular complexity index is 1010. The largest absolute Gasteiger partial charge is 0.377 e. The number of carbonyl (C=O) groups is 2. The summed E-state index contributed by atoms with van der Waals surface area (Å²) in [6.07, 6.45) is 9.88. The van der Waals surface area contributed by atoms with Crippen LogP contribution >= 0.6 is 0 Å². The molecule has 1 unspecified atom stereocenters. The summed E-state index contributed by atoms with van der Waals surface area (Å²) < 4.78 is 28.2. The fourth-order valence-corrected chi connectivity index (χ4v) is 4.52. The second-order valence-electron chi connectivity index (χ2n) is 10.4. The van der Waals surface area contributed by atoms with Crippen molar-refractivity contribution in [2.45, 2.75) is 72.8 Å². The zero-order chi connectivity index (χ0) is 25.0.